The fourth-order valence-corrected chi connectivity index (χ4v) is 2.31. The van der Waals surface area contributed by atoms with Crippen LogP contribution < -0.4 is 4.74 Å². The highest BCUT2D eigenvalue weighted by molar-refractivity contribution is 5.84. The molecule has 3 nitrogen and oxygen atoms in total. The molecule has 1 unspecified atom stereocenters. The summed E-state index contributed by atoms with van der Waals surface area (Å²) in [5, 5.41) is 1.81. The molecular weight excluding hydrogens is 371 g/mol. The molecule has 0 aromatic heterocycles. The van der Waals surface area contributed by atoms with E-state index in [0.29, 0.717) is 5.92 Å². The highest BCUT2D eigenvalue weighted by Crippen LogP contribution is 2.35. The first-order chi connectivity index (χ1) is 12.5. The van der Waals surface area contributed by atoms with Gasteiger partial charge >= 0.3 is 18.1 Å². The van der Waals surface area contributed by atoms with E-state index in [1.165, 1.54) is 5.56 Å². The number of hydrogen-bond acceptors (Lipinski definition) is 3. The summed E-state index contributed by atoms with van der Waals surface area (Å²) in [5.41, 5.74) is 1.19. The maximum Gasteiger partial charge on any atom is 0.456 e. The number of ether oxygens (including phenoxy) is 2. The fraction of sp³-hybridized carbons (Fsp3) is 0.421. The molecule has 0 radical (unpaired) electrons. The smallest absolute Gasteiger partial charge is 0.456 e. The van der Waals surface area contributed by atoms with E-state index in [-0.39, 0.29) is 5.75 Å². The van der Waals surface area contributed by atoms with Crippen LogP contribution in [0.5, 0.6) is 5.75 Å². The molecule has 0 amide bonds. The Labute approximate surface area is 153 Å². The Morgan fingerprint density at radius 3 is 2.30 bits per heavy atom. The van der Waals surface area contributed by atoms with E-state index in [0.717, 1.165) is 17.2 Å². The first-order valence-corrected chi connectivity index (χ1v) is 8.30. The van der Waals surface area contributed by atoms with E-state index < -0.39 is 31.3 Å². The van der Waals surface area contributed by atoms with Gasteiger partial charge < -0.3 is 9.47 Å². The van der Waals surface area contributed by atoms with E-state index in [9.17, 15) is 26.7 Å². The van der Waals surface area contributed by atoms with Gasteiger partial charge in [-0.05, 0) is 40.8 Å². The molecule has 0 aliphatic rings. The van der Waals surface area contributed by atoms with Gasteiger partial charge in [0.15, 0.2) is 13.2 Å². The lowest BCUT2D eigenvalue weighted by Gasteiger charge is -2.19. The first kappa shape index (κ1) is 20.9. The minimum absolute atomic E-state index is 0.276. The predicted octanol–water partition coefficient (Wildman–Crippen LogP) is 5.47. The van der Waals surface area contributed by atoms with Gasteiger partial charge in [0, 0.05) is 0 Å². The van der Waals surface area contributed by atoms with Crippen LogP contribution in [0.15, 0.2) is 36.4 Å². The van der Waals surface area contributed by atoms with Crippen LogP contribution in [-0.4, -0.2) is 31.3 Å². The summed E-state index contributed by atoms with van der Waals surface area (Å²) in [7, 11) is 0. The van der Waals surface area contributed by atoms with Gasteiger partial charge in [0.05, 0.1) is 0 Å². The van der Waals surface area contributed by atoms with E-state index in [1.54, 1.807) is 18.2 Å². The van der Waals surface area contributed by atoms with Crippen molar-refractivity contribution in [1.82, 2.24) is 0 Å². The molecule has 0 fully saturated rings. The van der Waals surface area contributed by atoms with Gasteiger partial charge in [-0.15, -0.1) is 0 Å². The number of carbonyl (C=O) groups is 1. The number of benzene rings is 2. The van der Waals surface area contributed by atoms with Crippen molar-refractivity contribution >= 4 is 16.7 Å². The summed E-state index contributed by atoms with van der Waals surface area (Å²) < 4.78 is 70.5. The van der Waals surface area contributed by atoms with Crippen LogP contribution in [0, 0.1) is 0 Å². The van der Waals surface area contributed by atoms with Gasteiger partial charge in [0.1, 0.15) is 5.75 Å². The summed E-state index contributed by atoms with van der Waals surface area (Å²) in [4.78, 5) is 11.4. The second-order valence-corrected chi connectivity index (χ2v) is 6.23. The van der Waals surface area contributed by atoms with Gasteiger partial charge in [-0.25, -0.2) is 4.79 Å². The van der Waals surface area contributed by atoms with Crippen molar-refractivity contribution in [1.29, 1.82) is 0 Å². The van der Waals surface area contributed by atoms with Crippen molar-refractivity contribution in [3.05, 3.63) is 42.0 Å². The third-order valence-corrected chi connectivity index (χ3v) is 4.20. The standard InChI is InChI=1S/C19H19F5O3/c1-3-12(2)13-4-5-15-9-16(7-6-14(15)8-13)26-10-17(25)27-11-18(20,21)19(22,23)24/h4-9,12H,3,10-11H2,1-2H3. The largest absolute Gasteiger partial charge is 0.482 e. The van der Waals surface area contributed by atoms with Gasteiger partial charge in [0.2, 0.25) is 0 Å². The lowest BCUT2D eigenvalue weighted by Crippen LogP contribution is -2.41. The molecule has 2 aromatic carbocycles. The quantitative estimate of drug-likeness (QED) is 0.464. The number of halogens is 5. The predicted molar refractivity (Wildman–Crippen MR) is 90.1 cm³/mol. The first-order valence-electron chi connectivity index (χ1n) is 8.30. The molecule has 0 aliphatic heterocycles. The minimum atomic E-state index is -5.78. The summed E-state index contributed by atoms with van der Waals surface area (Å²) in [6.07, 6.45) is -4.77. The maximum absolute atomic E-state index is 12.7. The van der Waals surface area contributed by atoms with Crippen molar-refractivity contribution in [2.75, 3.05) is 13.2 Å². The Morgan fingerprint density at radius 1 is 1.04 bits per heavy atom. The molecule has 0 aliphatic carbocycles. The molecule has 0 heterocycles. The van der Waals surface area contributed by atoms with Gasteiger partial charge in [-0.3, -0.25) is 0 Å². The molecule has 2 rings (SSSR count). The highest BCUT2D eigenvalue weighted by Gasteiger charge is 2.58. The van der Waals surface area contributed by atoms with E-state index in [1.807, 2.05) is 18.2 Å². The molecule has 0 saturated heterocycles. The van der Waals surface area contributed by atoms with Crippen LogP contribution in [0.4, 0.5) is 22.0 Å². The second kappa shape index (κ2) is 8.10. The highest BCUT2D eigenvalue weighted by atomic mass is 19.4. The van der Waals surface area contributed by atoms with Crippen molar-refractivity contribution in [2.45, 2.75) is 38.3 Å². The average Bonchev–Trinajstić information content (AvgIpc) is 2.62. The monoisotopic (exact) mass is 390 g/mol. The zero-order valence-corrected chi connectivity index (χ0v) is 14.8. The zero-order chi connectivity index (χ0) is 20.2. The summed E-state index contributed by atoms with van der Waals surface area (Å²) >= 11 is 0. The lowest BCUT2D eigenvalue weighted by molar-refractivity contribution is -0.294. The molecule has 2 aromatic rings. The summed E-state index contributed by atoms with van der Waals surface area (Å²) in [6.45, 7) is 1.36. The third-order valence-electron chi connectivity index (χ3n) is 4.20. The Hall–Kier alpha value is -2.38. The minimum Gasteiger partial charge on any atom is -0.482 e. The summed E-state index contributed by atoms with van der Waals surface area (Å²) in [5.74, 6) is -5.72. The molecule has 1 atom stereocenters. The number of esters is 1. The van der Waals surface area contributed by atoms with Gasteiger partial charge in [-0.2, -0.15) is 22.0 Å². The lowest BCUT2D eigenvalue weighted by atomic mass is 9.96. The maximum atomic E-state index is 12.7. The Morgan fingerprint density at radius 2 is 1.67 bits per heavy atom. The summed E-state index contributed by atoms with van der Waals surface area (Å²) in [6, 6.07) is 10.9. The molecule has 27 heavy (non-hydrogen) atoms. The van der Waals surface area contributed by atoms with Gasteiger partial charge in [0.25, 0.3) is 0 Å². The molecule has 8 heteroatoms. The van der Waals surface area contributed by atoms with Crippen LogP contribution in [-0.2, 0) is 9.53 Å². The number of alkyl halides is 5. The van der Waals surface area contributed by atoms with E-state index in [2.05, 4.69) is 18.6 Å². The SMILES string of the molecule is CCC(C)c1ccc2cc(OCC(=O)OCC(F)(F)C(F)(F)F)ccc2c1. The van der Waals surface area contributed by atoms with E-state index >= 15 is 0 Å². The van der Waals surface area contributed by atoms with Gasteiger partial charge in [-0.1, -0.05) is 38.1 Å². The van der Waals surface area contributed by atoms with Crippen molar-refractivity contribution < 1.29 is 36.2 Å². The fourth-order valence-electron chi connectivity index (χ4n) is 2.31. The Bertz CT molecular complexity index is 802. The van der Waals surface area contributed by atoms with Crippen LogP contribution >= 0.6 is 0 Å². The molecular formula is C19H19F5O3. The average molecular weight is 390 g/mol. The van der Waals surface area contributed by atoms with Crippen LogP contribution in [0.3, 0.4) is 0 Å². The number of hydrogen-bond donors (Lipinski definition) is 0. The number of carbonyl (C=O) groups excluding carboxylic acids is 1. The third kappa shape index (κ3) is 5.30. The van der Waals surface area contributed by atoms with Crippen molar-refractivity contribution in [3.8, 4) is 5.75 Å². The number of rotatable bonds is 7. The topological polar surface area (TPSA) is 35.5 Å². The Balaban J connectivity index is 1.96. The van der Waals surface area contributed by atoms with Crippen LogP contribution in [0.1, 0.15) is 31.7 Å². The molecule has 0 N–H and O–H groups in total. The van der Waals surface area contributed by atoms with Crippen LogP contribution in [0.2, 0.25) is 0 Å². The normalized spacial score (nSPS) is 13.4. The molecule has 0 saturated carbocycles. The molecule has 148 valence electrons. The zero-order valence-electron chi connectivity index (χ0n) is 14.8. The van der Waals surface area contributed by atoms with Crippen molar-refractivity contribution in [3.63, 3.8) is 0 Å². The van der Waals surface area contributed by atoms with E-state index in [4.69, 9.17) is 4.74 Å². The van der Waals surface area contributed by atoms with Crippen LogP contribution in [0.25, 0.3) is 10.8 Å². The second-order valence-electron chi connectivity index (χ2n) is 6.23. The number of fused-ring (bicyclic) bond motifs is 1. The molecule has 0 spiro atoms. The Kier molecular flexibility index (Phi) is 6.28. The van der Waals surface area contributed by atoms with Crippen molar-refractivity contribution in [2.24, 2.45) is 0 Å². The molecule has 0 bridgehead atoms.